The van der Waals surface area contributed by atoms with Crippen LogP contribution in [0.4, 0.5) is 0 Å². The van der Waals surface area contributed by atoms with Crippen LogP contribution in [0, 0.1) is 11.8 Å². The van der Waals surface area contributed by atoms with Crippen LogP contribution in [-0.2, 0) is 0 Å². The molecule has 22 heavy (non-hydrogen) atoms. The number of aliphatic hydroxyl groups is 2. The Labute approximate surface area is 138 Å². The van der Waals surface area contributed by atoms with Crippen molar-refractivity contribution in [3.8, 4) is 11.8 Å². The average molecular weight is 324 g/mol. The molecule has 4 heteroatoms. The summed E-state index contributed by atoms with van der Waals surface area (Å²) in [5.41, 5.74) is 5.92. The number of halogens is 1. The number of rotatable bonds is 7. The van der Waals surface area contributed by atoms with E-state index < -0.39 is 11.7 Å². The van der Waals surface area contributed by atoms with Gasteiger partial charge in [0.25, 0.3) is 0 Å². The van der Waals surface area contributed by atoms with E-state index in [2.05, 4.69) is 11.8 Å². The topological polar surface area (TPSA) is 66.5 Å². The lowest BCUT2D eigenvalue weighted by Crippen LogP contribution is -2.25. The van der Waals surface area contributed by atoms with Gasteiger partial charge in [0.1, 0.15) is 5.60 Å². The lowest BCUT2D eigenvalue weighted by atomic mass is 9.93. The molecule has 0 amide bonds. The first-order chi connectivity index (χ1) is 10.4. The third-order valence-corrected chi connectivity index (χ3v) is 3.73. The van der Waals surface area contributed by atoms with E-state index in [9.17, 15) is 10.2 Å². The Hall–Kier alpha value is -1.05. The van der Waals surface area contributed by atoms with Crippen molar-refractivity contribution in [3.05, 3.63) is 34.3 Å². The highest BCUT2D eigenvalue weighted by Gasteiger charge is 2.21. The minimum absolute atomic E-state index is 0.404. The second kappa shape index (κ2) is 9.17. The van der Waals surface area contributed by atoms with Crippen molar-refractivity contribution in [3.63, 3.8) is 0 Å². The summed E-state index contributed by atoms with van der Waals surface area (Å²) in [5.74, 6) is 5.99. The minimum atomic E-state index is -0.956. The number of hydrogen-bond donors (Lipinski definition) is 3. The highest BCUT2D eigenvalue weighted by atomic mass is 35.5. The fourth-order valence-corrected chi connectivity index (χ4v) is 2.71. The Bertz CT molecular complexity index is 528. The van der Waals surface area contributed by atoms with Crippen molar-refractivity contribution < 1.29 is 10.2 Å². The van der Waals surface area contributed by atoms with E-state index in [4.69, 9.17) is 17.3 Å². The highest BCUT2D eigenvalue weighted by Crippen LogP contribution is 2.23. The van der Waals surface area contributed by atoms with Gasteiger partial charge in [-0.05, 0) is 49.6 Å². The van der Waals surface area contributed by atoms with Crippen LogP contribution in [0.3, 0.4) is 0 Å². The highest BCUT2D eigenvalue weighted by molar-refractivity contribution is 6.30. The third-order valence-electron chi connectivity index (χ3n) is 3.51. The lowest BCUT2D eigenvalue weighted by Gasteiger charge is -2.20. The molecule has 0 radical (unpaired) electrons. The van der Waals surface area contributed by atoms with Crippen LogP contribution in [0.5, 0.6) is 0 Å². The molecular formula is C18H26ClNO2. The Morgan fingerprint density at radius 3 is 2.41 bits per heavy atom. The molecule has 1 aromatic rings. The van der Waals surface area contributed by atoms with E-state index in [1.165, 1.54) is 0 Å². The molecule has 0 spiro atoms. The SMILES string of the molecule is CCCC(O)(C#Cc1cc(Cl)cc(C(O)CCN)c1)CCC. The zero-order valence-corrected chi connectivity index (χ0v) is 14.2. The summed E-state index contributed by atoms with van der Waals surface area (Å²) in [6, 6.07) is 5.26. The van der Waals surface area contributed by atoms with E-state index >= 15 is 0 Å². The molecular weight excluding hydrogens is 298 g/mol. The lowest BCUT2D eigenvalue weighted by molar-refractivity contribution is 0.0807. The van der Waals surface area contributed by atoms with E-state index in [1.807, 2.05) is 13.8 Å². The van der Waals surface area contributed by atoms with Gasteiger partial charge in [0, 0.05) is 10.6 Å². The maximum Gasteiger partial charge on any atom is 0.125 e. The molecule has 122 valence electrons. The zero-order valence-electron chi connectivity index (χ0n) is 13.4. The van der Waals surface area contributed by atoms with Crippen LogP contribution >= 0.6 is 11.6 Å². The van der Waals surface area contributed by atoms with E-state index in [0.717, 1.165) is 12.8 Å². The number of benzene rings is 1. The van der Waals surface area contributed by atoms with Crippen molar-refractivity contribution in [1.29, 1.82) is 0 Å². The standard InChI is InChI=1S/C18H26ClNO2/c1-3-7-18(22,8-4-2)9-5-14-11-15(13-16(19)12-14)17(21)6-10-20/h11-13,17,21-22H,3-4,6-8,10,20H2,1-2H3. The summed E-state index contributed by atoms with van der Waals surface area (Å²) in [7, 11) is 0. The fraction of sp³-hybridized carbons (Fsp3) is 0.556. The predicted molar refractivity (Wildman–Crippen MR) is 91.7 cm³/mol. The van der Waals surface area contributed by atoms with Crippen molar-refractivity contribution >= 4 is 11.6 Å². The van der Waals surface area contributed by atoms with Crippen molar-refractivity contribution in [2.75, 3.05) is 6.54 Å². The molecule has 0 saturated carbocycles. The van der Waals surface area contributed by atoms with Crippen LogP contribution in [0.15, 0.2) is 18.2 Å². The first kappa shape index (κ1) is 19.0. The van der Waals surface area contributed by atoms with E-state index in [0.29, 0.717) is 42.0 Å². The van der Waals surface area contributed by atoms with Gasteiger partial charge in [0.05, 0.1) is 6.10 Å². The van der Waals surface area contributed by atoms with Gasteiger partial charge in [-0.2, -0.15) is 0 Å². The number of nitrogens with two attached hydrogens (primary N) is 1. The largest absolute Gasteiger partial charge is 0.388 e. The second-order valence-electron chi connectivity index (χ2n) is 5.65. The second-order valence-corrected chi connectivity index (χ2v) is 6.08. The summed E-state index contributed by atoms with van der Waals surface area (Å²) >= 11 is 6.09. The first-order valence-electron chi connectivity index (χ1n) is 7.88. The molecule has 0 aliphatic heterocycles. The Morgan fingerprint density at radius 1 is 1.23 bits per heavy atom. The monoisotopic (exact) mass is 323 g/mol. The molecule has 3 nitrogen and oxygen atoms in total. The quantitative estimate of drug-likeness (QED) is 0.674. The Balaban J connectivity index is 3.05. The van der Waals surface area contributed by atoms with Crippen LogP contribution in [0.1, 0.15) is 63.2 Å². The first-order valence-corrected chi connectivity index (χ1v) is 8.26. The molecule has 0 saturated heterocycles. The summed E-state index contributed by atoms with van der Waals surface area (Å²) < 4.78 is 0. The van der Waals surface area contributed by atoms with Gasteiger partial charge in [0.2, 0.25) is 0 Å². The van der Waals surface area contributed by atoms with E-state index in [1.54, 1.807) is 18.2 Å². The van der Waals surface area contributed by atoms with Crippen LogP contribution in [-0.4, -0.2) is 22.4 Å². The molecule has 0 aliphatic rings. The maximum absolute atomic E-state index is 10.5. The Kier molecular flexibility index (Phi) is 7.92. The minimum Gasteiger partial charge on any atom is -0.388 e. The molecule has 0 fully saturated rings. The summed E-state index contributed by atoms with van der Waals surface area (Å²) in [6.45, 7) is 4.47. The van der Waals surface area contributed by atoms with Crippen LogP contribution in [0.2, 0.25) is 5.02 Å². The van der Waals surface area contributed by atoms with Gasteiger partial charge in [0.15, 0.2) is 0 Å². The van der Waals surface area contributed by atoms with Gasteiger partial charge in [-0.1, -0.05) is 50.1 Å². The van der Waals surface area contributed by atoms with Crippen LogP contribution < -0.4 is 5.73 Å². The van der Waals surface area contributed by atoms with Crippen molar-refractivity contribution in [2.24, 2.45) is 5.73 Å². The van der Waals surface area contributed by atoms with Crippen molar-refractivity contribution in [2.45, 2.75) is 57.7 Å². The molecule has 1 atom stereocenters. The van der Waals surface area contributed by atoms with Gasteiger partial charge >= 0.3 is 0 Å². The third kappa shape index (κ3) is 5.98. The normalized spacial score (nSPS) is 12.6. The van der Waals surface area contributed by atoms with Crippen LogP contribution in [0.25, 0.3) is 0 Å². The molecule has 1 unspecified atom stereocenters. The molecule has 0 aliphatic carbocycles. The van der Waals surface area contributed by atoms with Gasteiger partial charge in [-0.25, -0.2) is 0 Å². The molecule has 0 heterocycles. The molecule has 1 aromatic carbocycles. The molecule has 1 rings (SSSR count). The number of hydrogen-bond acceptors (Lipinski definition) is 3. The van der Waals surface area contributed by atoms with E-state index in [-0.39, 0.29) is 0 Å². The van der Waals surface area contributed by atoms with Gasteiger partial charge < -0.3 is 15.9 Å². The van der Waals surface area contributed by atoms with Gasteiger partial charge in [-0.15, -0.1) is 0 Å². The molecule has 0 bridgehead atoms. The summed E-state index contributed by atoms with van der Waals surface area (Å²) in [5, 5.41) is 21.1. The van der Waals surface area contributed by atoms with Crippen molar-refractivity contribution in [1.82, 2.24) is 0 Å². The zero-order chi connectivity index (χ0) is 16.6. The number of aliphatic hydroxyl groups excluding tert-OH is 1. The Morgan fingerprint density at radius 2 is 1.86 bits per heavy atom. The predicted octanol–water partition coefficient (Wildman–Crippen LogP) is 3.41. The summed E-state index contributed by atoms with van der Waals surface area (Å²) in [6.07, 6.45) is 2.88. The molecule has 4 N–H and O–H groups in total. The summed E-state index contributed by atoms with van der Waals surface area (Å²) in [4.78, 5) is 0. The average Bonchev–Trinajstić information content (AvgIpc) is 2.45. The molecule has 0 aromatic heterocycles. The van der Waals surface area contributed by atoms with Gasteiger partial charge in [-0.3, -0.25) is 0 Å². The maximum atomic E-state index is 10.5. The smallest absolute Gasteiger partial charge is 0.125 e. The fourth-order valence-electron chi connectivity index (χ4n) is 2.47.